The summed E-state index contributed by atoms with van der Waals surface area (Å²) in [5.41, 5.74) is 0.812. The predicted octanol–water partition coefficient (Wildman–Crippen LogP) is 3.61. The second kappa shape index (κ2) is 4.93. The van der Waals surface area contributed by atoms with Gasteiger partial charge in [-0.15, -0.1) is 11.3 Å². The molecule has 1 aromatic heterocycles. The highest BCUT2D eigenvalue weighted by Gasteiger charge is 2.13. The van der Waals surface area contributed by atoms with Crippen LogP contribution in [0.1, 0.15) is 16.1 Å². The van der Waals surface area contributed by atoms with Gasteiger partial charge in [-0.25, -0.2) is 9.37 Å². The highest BCUT2D eigenvalue weighted by atomic mass is 79.9. The fourth-order valence-corrected chi connectivity index (χ4v) is 2.29. The second-order valence-electron chi connectivity index (χ2n) is 3.37. The third kappa shape index (κ3) is 2.89. The van der Waals surface area contributed by atoms with Crippen molar-refractivity contribution in [3.05, 3.63) is 45.1 Å². The van der Waals surface area contributed by atoms with Gasteiger partial charge in [-0.2, -0.15) is 0 Å². The molecule has 0 bridgehead atoms. The van der Waals surface area contributed by atoms with Gasteiger partial charge < -0.3 is 0 Å². The van der Waals surface area contributed by atoms with Crippen molar-refractivity contribution < 1.29 is 9.18 Å². The number of carbonyl (C=O) groups is 1. The fraction of sp³-hybridized carbons (Fsp3) is 0.0909. The van der Waals surface area contributed by atoms with E-state index in [1.807, 2.05) is 12.3 Å². The zero-order valence-electron chi connectivity index (χ0n) is 8.83. The Morgan fingerprint density at radius 2 is 2.29 bits per heavy atom. The number of hydrogen-bond acceptors (Lipinski definition) is 3. The maximum atomic E-state index is 13.4. The molecule has 0 radical (unpaired) electrons. The van der Waals surface area contributed by atoms with Crippen LogP contribution in [0.3, 0.4) is 0 Å². The van der Waals surface area contributed by atoms with Gasteiger partial charge in [-0.1, -0.05) is 15.9 Å². The normalized spacial score (nSPS) is 10.3. The maximum Gasteiger partial charge on any atom is 0.260 e. The molecule has 6 heteroatoms. The molecule has 88 valence electrons. The number of nitrogens with zero attached hydrogens (tertiary/aromatic N) is 1. The van der Waals surface area contributed by atoms with E-state index in [0.29, 0.717) is 9.60 Å². The van der Waals surface area contributed by atoms with Gasteiger partial charge in [0.15, 0.2) is 5.13 Å². The smallest absolute Gasteiger partial charge is 0.260 e. The topological polar surface area (TPSA) is 42.0 Å². The van der Waals surface area contributed by atoms with E-state index in [4.69, 9.17) is 0 Å². The van der Waals surface area contributed by atoms with Gasteiger partial charge in [0.05, 0.1) is 11.3 Å². The molecule has 1 N–H and O–H groups in total. The van der Waals surface area contributed by atoms with Crippen LogP contribution in [0.25, 0.3) is 0 Å². The lowest BCUT2D eigenvalue weighted by Gasteiger charge is -2.03. The Kier molecular flexibility index (Phi) is 3.54. The Morgan fingerprint density at radius 3 is 2.94 bits per heavy atom. The first-order valence-corrected chi connectivity index (χ1v) is 6.42. The van der Waals surface area contributed by atoms with E-state index >= 15 is 0 Å². The van der Waals surface area contributed by atoms with Crippen molar-refractivity contribution in [2.45, 2.75) is 6.92 Å². The zero-order valence-corrected chi connectivity index (χ0v) is 11.2. The first-order valence-electron chi connectivity index (χ1n) is 4.75. The van der Waals surface area contributed by atoms with E-state index in [0.717, 1.165) is 5.69 Å². The summed E-state index contributed by atoms with van der Waals surface area (Å²) in [7, 11) is 0. The van der Waals surface area contributed by atoms with Gasteiger partial charge >= 0.3 is 0 Å². The number of halogens is 2. The summed E-state index contributed by atoms with van der Waals surface area (Å²) >= 11 is 4.50. The van der Waals surface area contributed by atoms with Crippen LogP contribution < -0.4 is 5.32 Å². The molecule has 2 aromatic rings. The van der Waals surface area contributed by atoms with Crippen LogP contribution in [0.2, 0.25) is 0 Å². The number of anilines is 1. The van der Waals surface area contributed by atoms with Crippen molar-refractivity contribution in [2.24, 2.45) is 0 Å². The van der Waals surface area contributed by atoms with Crippen LogP contribution in [0, 0.1) is 12.7 Å². The highest BCUT2D eigenvalue weighted by Crippen LogP contribution is 2.19. The Hall–Kier alpha value is -1.27. The standard InChI is InChI=1S/C11H8BrFN2OS/c1-6-5-17-11(14-6)15-10(16)8-4-7(12)2-3-9(8)13/h2-5H,1H3,(H,14,15,16). The predicted molar refractivity (Wildman–Crippen MR) is 68.9 cm³/mol. The number of aromatic nitrogens is 1. The number of rotatable bonds is 2. The molecule has 17 heavy (non-hydrogen) atoms. The number of thiazole rings is 1. The van der Waals surface area contributed by atoms with E-state index in [2.05, 4.69) is 26.2 Å². The van der Waals surface area contributed by atoms with Gasteiger partial charge in [0.2, 0.25) is 0 Å². The van der Waals surface area contributed by atoms with Crippen molar-refractivity contribution in [3.8, 4) is 0 Å². The first-order chi connectivity index (χ1) is 8.06. The number of benzene rings is 1. The molecule has 1 aromatic carbocycles. The van der Waals surface area contributed by atoms with Crippen LogP contribution in [0.4, 0.5) is 9.52 Å². The molecule has 0 saturated heterocycles. The van der Waals surface area contributed by atoms with Crippen molar-refractivity contribution in [1.29, 1.82) is 0 Å². The highest BCUT2D eigenvalue weighted by molar-refractivity contribution is 9.10. The molecule has 1 amide bonds. The fourth-order valence-electron chi connectivity index (χ4n) is 1.25. The quantitative estimate of drug-likeness (QED) is 0.920. The average molecular weight is 315 g/mol. The number of nitrogens with one attached hydrogen (secondary N) is 1. The molecule has 0 fully saturated rings. The Balaban J connectivity index is 2.22. The lowest BCUT2D eigenvalue weighted by molar-refractivity contribution is 0.102. The molecule has 1 heterocycles. The van der Waals surface area contributed by atoms with Gasteiger partial charge in [-0.3, -0.25) is 10.1 Å². The molecule has 0 unspecified atom stereocenters. The molecule has 0 aliphatic carbocycles. The Morgan fingerprint density at radius 1 is 1.53 bits per heavy atom. The summed E-state index contributed by atoms with van der Waals surface area (Å²) in [5.74, 6) is -1.06. The summed E-state index contributed by atoms with van der Waals surface area (Å²) in [6.07, 6.45) is 0. The third-order valence-corrected chi connectivity index (χ3v) is 3.38. The van der Waals surface area contributed by atoms with Crippen LogP contribution in [0.15, 0.2) is 28.1 Å². The molecule has 0 saturated carbocycles. The van der Waals surface area contributed by atoms with Gasteiger partial charge in [0.25, 0.3) is 5.91 Å². The Bertz CT molecular complexity index is 570. The molecular formula is C11H8BrFN2OS. The molecule has 3 nitrogen and oxygen atoms in total. The summed E-state index contributed by atoms with van der Waals surface area (Å²) in [6, 6.07) is 4.22. The minimum atomic E-state index is -0.557. The maximum absolute atomic E-state index is 13.4. The SMILES string of the molecule is Cc1csc(NC(=O)c2cc(Br)ccc2F)n1. The molecule has 0 aliphatic heterocycles. The van der Waals surface area contributed by atoms with Crippen molar-refractivity contribution in [2.75, 3.05) is 5.32 Å². The number of hydrogen-bond donors (Lipinski definition) is 1. The number of amides is 1. The lowest BCUT2D eigenvalue weighted by atomic mass is 10.2. The van der Waals surface area contributed by atoms with E-state index in [-0.39, 0.29) is 5.56 Å². The summed E-state index contributed by atoms with van der Waals surface area (Å²) in [4.78, 5) is 15.9. The molecular weight excluding hydrogens is 307 g/mol. The zero-order chi connectivity index (χ0) is 12.4. The second-order valence-corrected chi connectivity index (χ2v) is 5.15. The van der Waals surface area contributed by atoms with E-state index in [1.54, 1.807) is 6.07 Å². The number of carbonyl (C=O) groups excluding carboxylic acids is 1. The molecule has 0 atom stereocenters. The Labute approximate surface area is 110 Å². The average Bonchev–Trinajstić information content (AvgIpc) is 2.67. The van der Waals surface area contributed by atoms with Crippen molar-refractivity contribution >= 4 is 38.3 Å². The first kappa shape index (κ1) is 12.2. The molecule has 0 aliphatic rings. The van der Waals surface area contributed by atoms with E-state index in [1.165, 1.54) is 23.5 Å². The molecule has 0 spiro atoms. The van der Waals surface area contributed by atoms with E-state index < -0.39 is 11.7 Å². The van der Waals surface area contributed by atoms with Crippen LogP contribution in [0.5, 0.6) is 0 Å². The van der Waals surface area contributed by atoms with Gasteiger partial charge in [-0.05, 0) is 25.1 Å². The number of aryl methyl sites for hydroxylation is 1. The van der Waals surface area contributed by atoms with Gasteiger partial charge in [0.1, 0.15) is 5.82 Å². The monoisotopic (exact) mass is 314 g/mol. The van der Waals surface area contributed by atoms with Crippen LogP contribution >= 0.6 is 27.3 Å². The summed E-state index contributed by atoms with van der Waals surface area (Å²) in [5, 5.41) is 4.83. The summed E-state index contributed by atoms with van der Waals surface area (Å²) in [6.45, 7) is 1.83. The minimum absolute atomic E-state index is 0.00720. The largest absolute Gasteiger partial charge is 0.298 e. The van der Waals surface area contributed by atoms with Crippen LogP contribution in [-0.2, 0) is 0 Å². The molecule has 2 rings (SSSR count). The third-order valence-electron chi connectivity index (χ3n) is 2.01. The minimum Gasteiger partial charge on any atom is -0.298 e. The van der Waals surface area contributed by atoms with Crippen LogP contribution in [-0.4, -0.2) is 10.9 Å². The lowest BCUT2D eigenvalue weighted by Crippen LogP contribution is -2.13. The van der Waals surface area contributed by atoms with Crippen molar-refractivity contribution in [3.63, 3.8) is 0 Å². The summed E-state index contributed by atoms with van der Waals surface area (Å²) < 4.78 is 14.1. The van der Waals surface area contributed by atoms with E-state index in [9.17, 15) is 9.18 Å². The van der Waals surface area contributed by atoms with Crippen molar-refractivity contribution in [1.82, 2.24) is 4.98 Å². The van der Waals surface area contributed by atoms with Gasteiger partial charge in [0, 0.05) is 9.85 Å².